The number of benzene rings is 1. The fourth-order valence-corrected chi connectivity index (χ4v) is 3.42. The monoisotopic (exact) mass is 328 g/mol. The van der Waals surface area contributed by atoms with Gasteiger partial charge in [0.25, 0.3) is 6.23 Å². The molecule has 0 aliphatic carbocycles. The fourth-order valence-electron chi connectivity index (χ4n) is 3.42. The second-order valence-electron chi connectivity index (χ2n) is 5.92. The van der Waals surface area contributed by atoms with Crippen molar-refractivity contribution in [2.24, 2.45) is 0 Å². The summed E-state index contributed by atoms with van der Waals surface area (Å²) in [4.78, 5) is 18.8. The maximum Gasteiger partial charge on any atom is 0.369 e. The maximum atomic E-state index is 14.3. The maximum absolute atomic E-state index is 14.3. The van der Waals surface area contributed by atoms with E-state index in [9.17, 15) is 9.18 Å². The number of carbonyl (C=O) groups excluding carboxylic acids is 1. The molecule has 2 aliphatic rings. The molecular weight excluding hydrogens is 311 g/mol. The predicted molar refractivity (Wildman–Crippen MR) is 85.3 cm³/mol. The molecule has 0 spiro atoms. The minimum atomic E-state index is -0.935. The Morgan fingerprint density at radius 2 is 2.25 bits per heavy atom. The van der Waals surface area contributed by atoms with Gasteiger partial charge in [0.1, 0.15) is 17.3 Å². The van der Waals surface area contributed by atoms with Crippen molar-refractivity contribution in [1.82, 2.24) is 4.98 Å². The van der Waals surface area contributed by atoms with Crippen molar-refractivity contribution in [2.75, 3.05) is 11.5 Å². The molecule has 0 radical (unpaired) electrons. The lowest BCUT2D eigenvalue weighted by Gasteiger charge is -2.38. The zero-order chi connectivity index (χ0) is 16.8. The van der Waals surface area contributed by atoms with Crippen LogP contribution in [0, 0.1) is 12.7 Å². The highest BCUT2D eigenvalue weighted by Gasteiger charge is 2.46. The summed E-state index contributed by atoms with van der Waals surface area (Å²) in [6, 6.07) is 8.27. The molecule has 24 heavy (non-hydrogen) atoms. The van der Waals surface area contributed by atoms with E-state index in [1.807, 2.05) is 13.0 Å². The minimum absolute atomic E-state index is 0.241. The Labute approximate surface area is 139 Å². The summed E-state index contributed by atoms with van der Waals surface area (Å²) in [5.41, 5.74) is 2.82. The number of nitrogens with zero attached hydrogens (tertiary/aromatic N) is 2. The van der Waals surface area contributed by atoms with Crippen LogP contribution < -0.4 is 9.64 Å². The Morgan fingerprint density at radius 3 is 3.04 bits per heavy atom. The molecule has 4 rings (SSSR count). The largest absolute Gasteiger partial charge is 0.462 e. The molecule has 124 valence electrons. The average molecular weight is 328 g/mol. The van der Waals surface area contributed by atoms with Crippen LogP contribution in [0.25, 0.3) is 0 Å². The van der Waals surface area contributed by atoms with Crippen molar-refractivity contribution in [3.63, 3.8) is 0 Å². The van der Waals surface area contributed by atoms with E-state index in [4.69, 9.17) is 9.47 Å². The van der Waals surface area contributed by atoms with E-state index in [-0.39, 0.29) is 18.5 Å². The molecule has 1 aromatic heterocycles. The lowest BCUT2D eigenvalue weighted by atomic mass is 10.0. The van der Waals surface area contributed by atoms with Crippen LogP contribution in [0.5, 0.6) is 5.75 Å². The predicted octanol–water partition coefficient (Wildman–Crippen LogP) is 2.91. The Kier molecular flexibility index (Phi) is 3.40. The first kappa shape index (κ1) is 14.9. The van der Waals surface area contributed by atoms with Crippen molar-refractivity contribution >= 4 is 11.7 Å². The highest BCUT2D eigenvalue weighted by Crippen LogP contribution is 2.47. The van der Waals surface area contributed by atoms with Crippen molar-refractivity contribution in [3.8, 4) is 5.75 Å². The molecule has 2 atom stereocenters. The van der Waals surface area contributed by atoms with Gasteiger partial charge in [0.05, 0.1) is 12.6 Å². The summed E-state index contributed by atoms with van der Waals surface area (Å²) >= 11 is 0. The lowest BCUT2D eigenvalue weighted by molar-refractivity contribution is -0.152. The van der Waals surface area contributed by atoms with Crippen LogP contribution in [0.15, 0.2) is 30.3 Å². The highest BCUT2D eigenvalue weighted by atomic mass is 19.1. The lowest BCUT2D eigenvalue weighted by Crippen LogP contribution is -2.50. The van der Waals surface area contributed by atoms with Crippen LogP contribution in [-0.4, -0.2) is 23.8 Å². The van der Waals surface area contributed by atoms with Crippen LogP contribution in [0.3, 0.4) is 0 Å². The van der Waals surface area contributed by atoms with Gasteiger partial charge in [-0.1, -0.05) is 6.07 Å². The number of hydrogen-bond donors (Lipinski definition) is 0. The van der Waals surface area contributed by atoms with Gasteiger partial charge in [-0.25, -0.2) is 9.18 Å². The van der Waals surface area contributed by atoms with Gasteiger partial charge >= 0.3 is 5.97 Å². The molecule has 2 unspecified atom stereocenters. The zero-order valence-electron chi connectivity index (χ0n) is 13.5. The van der Waals surface area contributed by atoms with Gasteiger partial charge in [-0.15, -0.1) is 0 Å². The Hall–Kier alpha value is -2.63. The topological polar surface area (TPSA) is 51.7 Å². The zero-order valence-corrected chi connectivity index (χ0v) is 13.5. The van der Waals surface area contributed by atoms with E-state index in [0.717, 1.165) is 11.4 Å². The molecule has 2 aliphatic heterocycles. The van der Waals surface area contributed by atoms with Crippen molar-refractivity contribution < 1.29 is 18.7 Å². The van der Waals surface area contributed by atoms with Crippen LogP contribution in [0.1, 0.15) is 29.9 Å². The number of halogens is 1. The van der Waals surface area contributed by atoms with Crippen LogP contribution in [0.2, 0.25) is 0 Å². The molecule has 2 aromatic rings. The summed E-state index contributed by atoms with van der Waals surface area (Å²) in [7, 11) is 0. The summed E-state index contributed by atoms with van der Waals surface area (Å²) in [5, 5.41) is 0. The second kappa shape index (κ2) is 5.47. The number of hydrogen-bond acceptors (Lipinski definition) is 5. The van der Waals surface area contributed by atoms with Gasteiger partial charge in [-0.2, -0.15) is 0 Å². The van der Waals surface area contributed by atoms with Gasteiger partial charge in [0.2, 0.25) is 0 Å². The van der Waals surface area contributed by atoms with Gasteiger partial charge in [-0.3, -0.25) is 4.98 Å². The summed E-state index contributed by atoms with van der Waals surface area (Å²) in [6.07, 6.45) is -0.486. The quantitative estimate of drug-likeness (QED) is 0.794. The van der Waals surface area contributed by atoms with E-state index in [0.29, 0.717) is 23.4 Å². The molecule has 0 bridgehead atoms. The van der Waals surface area contributed by atoms with Crippen LogP contribution in [-0.2, 0) is 16.0 Å². The molecule has 1 aromatic carbocycles. The average Bonchev–Trinajstić information content (AvgIpc) is 2.96. The smallest absolute Gasteiger partial charge is 0.369 e. The van der Waals surface area contributed by atoms with E-state index in [1.165, 1.54) is 6.07 Å². The number of ether oxygens (including phenoxy) is 2. The van der Waals surface area contributed by atoms with Gasteiger partial charge in [0, 0.05) is 23.4 Å². The first-order chi connectivity index (χ1) is 11.6. The fraction of sp³-hybridized carbons (Fsp3) is 0.333. The Balaban J connectivity index is 1.86. The summed E-state index contributed by atoms with van der Waals surface area (Å²) in [6.45, 7) is 3.89. The van der Waals surface area contributed by atoms with Gasteiger partial charge in [0.15, 0.2) is 0 Å². The number of anilines is 1. The van der Waals surface area contributed by atoms with Gasteiger partial charge in [-0.05, 0) is 38.1 Å². The molecular formula is C18H17FN2O3. The van der Waals surface area contributed by atoms with Crippen LogP contribution >= 0.6 is 0 Å². The second-order valence-corrected chi connectivity index (χ2v) is 5.92. The summed E-state index contributed by atoms with van der Waals surface area (Å²) in [5.74, 6) is -0.210. The number of rotatable bonds is 2. The standard InChI is InChI=1S/C18H17FN2O3/c1-3-23-18(22)17-21-13-6-4-5-12(19)11(13)9-14(21)16-15(24-17)8-7-10(2)20-16/h4-8,14,17H,3,9H2,1-2H3. The van der Waals surface area contributed by atoms with Crippen molar-refractivity contribution in [2.45, 2.75) is 32.5 Å². The van der Waals surface area contributed by atoms with E-state index >= 15 is 0 Å². The molecule has 3 heterocycles. The first-order valence-electron chi connectivity index (χ1n) is 7.96. The third-order valence-electron chi connectivity index (χ3n) is 4.43. The SMILES string of the molecule is CCOC(=O)C1Oc2ccc(C)nc2C2Cc3c(F)cccc3N12. The Morgan fingerprint density at radius 1 is 1.42 bits per heavy atom. The first-order valence-corrected chi connectivity index (χ1v) is 7.96. The molecule has 0 saturated heterocycles. The molecule has 0 amide bonds. The molecule has 0 fully saturated rings. The Bertz CT molecular complexity index is 824. The number of pyridine rings is 1. The third-order valence-corrected chi connectivity index (χ3v) is 4.43. The molecule has 6 heteroatoms. The number of carbonyl (C=O) groups is 1. The highest BCUT2D eigenvalue weighted by molar-refractivity contribution is 5.82. The molecule has 5 nitrogen and oxygen atoms in total. The van der Waals surface area contributed by atoms with E-state index in [1.54, 1.807) is 30.0 Å². The third kappa shape index (κ3) is 2.13. The number of aromatic nitrogens is 1. The van der Waals surface area contributed by atoms with E-state index in [2.05, 4.69) is 4.98 Å². The normalized spacial score (nSPS) is 20.7. The minimum Gasteiger partial charge on any atom is -0.462 e. The molecule has 0 N–H and O–H groups in total. The number of fused-ring (bicyclic) bond motifs is 5. The number of aryl methyl sites for hydroxylation is 1. The van der Waals surface area contributed by atoms with Crippen LogP contribution in [0.4, 0.5) is 10.1 Å². The van der Waals surface area contributed by atoms with Gasteiger partial charge < -0.3 is 14.4 Å². The molecule has 0 saturated carbocycles. The number of esters is 1. The van der Waals surface area contributed by atoms with Crippen molar-refractivity contribution in [3.05, 3.63) is 53.1 Å². The van der Waals surface area contributed by atoms with E-state index < -0.39 is 12.2 Å². The summed E-state index contributed by atoms with van der Waals surface area (Å²) < 4.78 is 25.3. The van der Waals surface area contributed by atoms with Crippen molar-refractivity contribution in [1.29, 1.82) is 0 Å².